The Morgan fingerprint density at radius 2 is 1.77 bits per heavy atom. The average Bonchev–Trinajstić information content (AvgIpc) is 2.59. The normalized spacial score (nSPS) is 16.1. The second-order valence-electron chi connectivity index (χ2n) is 5.69. The summed E-state index contributed by atoms with van der Waals surface area (Å²) in [6.45, 7) is 2.21. The summed E-state index contributed by atoms with van der Waals surface area (Å²) in [5.74, 6) is 2.88. The van der Waals surface area contributed by atoms with Crippen molar-refractivity contribution >= 4 is 5.69 Å². The highest BCUT2D eigenvalue weighted by Gasteiger charge is 2.21. The maximum atomic E-state index is 5.95. The molecule has 22 heavy (non-hydrogen) atoms. The highest BCUT2D eigenvalue weighted by Crippen LogP contribution is 2.36. The Bertz CT molecular complexity index is 681. The lowest BCUT2D eigenvalue weighted by molar-refractivity contribution is 0.273. The van der Waals surface area contributed by atoms with Gasteiger partial charge in [0.25, 0.3) is 0 Å². The van der Waals surface area contributed by atoms with Gasteiger partial charge in [0.2, 0.25) is 0 Å². The van der Waals surface area contributed by atoms with Gasteiger partial charge in [-0.05, 0) is 54.8 Å². The van der Waals surface area contributed by atoms with Gasteiger partial charge in [0.1, 0.15) is 17.2 Å². The van der Waals surface area contributed by atoms with Crippen LogP contribution in [-0.2, 0) is 13.0 Å². The van der Waals surface area contributed by atoms with E-state index < -0.39 is 0 Å². The monoisotopic (exact) mass is 297 g/mol. The molecule has 0 saturated carbocycles. The summed E-state index contributed by atoms with van der Waals surface area (Å²) in [7, 11) is 1.68. The Morgan fingerprint density at radius 3 is 2.59 bits per heavy atom. The molecule has 4 heteroatoms. The first kappa shape index (κ1) is 13.3. The van der Waals surface area contributed by atoms with Gasteiger partial charge in [-0.1, -0.05) is 0 Å². The van der Waals surface area contributed by atoms with E-state index in [0.29, 0.717) is 6.73 Å². The number of anilines is 1. The van der Waals surface area contributed by atoms with Gasteiger partial charge in [-0.2, -0.15) is 0 Å². The first-order valence-corrected chi connectivity index (χ1v) is 7.64. The van der Waals surface area contributed by atoms with Crippen LogP contribution in [0.2, 0.25) is 0 Å². The molecule has 0 N–H and O–H groups in total. The van der Waals surface area contributed by atoms with Gasteiger partial charge >= 0.3 is 0 Å². The Balaban J connectivity index is 1.60. The number of hydrogen-bond acceptors (Lipinski definition) is 4. The summed E-state index contributed by atoms with van der Waals surface area (Å²) >= 11 is 0. The number of ether oxygens (including phenoxy) is 3. The van der Waals surface area contributed by atoms with Gasteiger partial charge < -0.3 is 19.1 Å². The molecular formula is C18H19NO3. The highest BCUT2D eigenvalue weighted by atomic mass is 16.5. The molecule has 0 bridgehead atoms. The number of hydrogen-bond donors (Lipinski definition) is 0. The van der Waals surface area contributed by atoms with Crippen LogP contribution in [0, 0.1) is 0 Å². The standard InChI is InChI=1S/C18H19NO3/c1-20-16-6-4-15(5-7-16)19-11-14-10-17-13(3-2-8-21-17)9-18(14)22-12-19/h4-7,9-10H,2-3,8,11-12H2,1H3. The van der Waals surface area contributed by atoms with E-state index in [0.717, 1.165) is 48.9 Å². The fraction of sp³-hybridized carbons (Fsp3) is 0.333. The van der Waals surface area contributed by atoms with Crippen LogP contribution in [0.25, 0.3) is 0 Å². The molecule has 2 aliphatic heterocycles. The summed E-state index contributed by atoms with van der Waals surface area (Å²) in [6.07, 6.45) is 2.16. The molecular weight excluding hydrogens is 278 g/mol. The highest BCUT2D eigenvalue weighted by molar-refractivity contribution is 5.54. The smallest absolute Gasteiger partial charge is 0.161 e. The van der Waals surface area contributed by atoms with Gasteiger partial charge in [-0.15, -0.1) is 0 Å². The van der Waals surface area contributed by atoms with E-state index >= 15 is 0 Å². The van der Waals surface area contributed by atoms with Crippen LogP contribution in [0.4, 0.5) is 5.69 Å². The summed E-state index contributed by atoms with van der Waals surface area (Å²) in [5, 5.41) is 0. The van der Waals surface area contributed by atoms with Crippen molar-refractivity contribution in [1.29, 1.82) is 0 Å². The fourth-order valence-corrected chi connectivity index (χ4v) is 3.03. The third-order valence-electron chi connectivity index (χ3n) is 4.27. The minimum absolute atomic E-state index is 0.568. The molecule has 2 aromatic carbocycles. The van der Waals surface area contributed by atoms with E-state index in [1.807, 2.05) is 12.1 Å². The number of aryl methyl sites for hydroxylation is 1. The number of rotatable bonds is 2. The Kier molecular flexibility index (Phi) is 3.29. The van der Waals surface area contributed by atoms with Crippen molar-refractivity contribution in [2.45, 2.75) is 19.4 Å². The minimum Gasteiger partial charge on any atom is -0.497 e. The molecule has 2 heterocycles. The van der Waals surface area contributed by atoms with Gasteiger partial charge in [0.15, 0.2) is 6.73 Å². The molecule has 2 aliphatic rings. The lowest BCUT2D eigenvalue weighted by Gasteiger charge is -2.32. The summed E-state index contributed by atoms with van der Waals surface area (Å²) in [5.41, 5.74) is 3.58. The molecule has 0 radical (unpaired) electrons. The zero-order valence-corrected chi connectivity index (χ0v) is 12.7. The zero-order chi connectivity index (χ0) is 14.9. The number of benzene rings is 2. The lowest BCUT2D eigenvalue weighted by Crippen LogP contribution is -2.32. The van der Waals surface area contributed by atoms with Crippen molar-refractivity contribution in [1.82, 2.24) is 0 Å². The van der Waals surface area contributed by atoms with Gasteiger partial charge in [-0.3, -0.25) is 0 Å². The van der Waals surface area contributed by atoms with E-state index in [2.05, 4.69) is 29.2 Å². The van der Waals surface area contributed by atoms with Crippen LogP contribution < -0.4 is 19.1 Å². The quantitative estimate of drug-likeness (QED) is 0.850. The Labute approximate surface area is 130 Å². The predicted octanol–water partition coefficient (Wildman–Crippen LogP) is 3.38. The minimum atomic E-state index is 0.568. The molecule has 0 amide bonds. The van der Waals surface area contributed by atoms with E-state index in [-0.39, 0.29) is 0 Å². The molecule has 4 nitrogen and oxygen atoms in total. The molecule has 4 rings (SSSR count). The molecule has 114 valence electrons. The molecule has 0 aromatic heterocycles. The number of methoxy groups -OCH3 is 1. The van der Waals surface area contributed by atoms with E-state index in [1.54, 1.807) is 7.11 Å². The second-order valence-corrected chi connectivity index (χ2v) is 5.69. The lowest BCUT2D eigenvalue weighted by atomic mass is 10.0. The van der Waals surface area contributed by atoms with Crippen molar-refractivity contribution in [2.75, 3.05) is 25.3 Å². The van der Waals surface area contributed by atoms with E-state index in [1.165, 1.54) is 11.1 Å². The van der Waals surface area contributed by atoms with Crippen LogP contribution >= 0.6 is 0 Å². The SMILES string of the molecule is COc1ccc(N2COc3cc4c(cc3C2)OCCC4)cc1. The van der Waals surface area contributed by atoms with Gasteiger partial charge in [0.05, 0.1) is 13.7 Å². The van der Waals surface area contributed by atoms with Crippen LogP contribution in [0.3, 0.4) is 0 Å². The van der Waals surface area contributed by atoms with E-state index in [9.17, 15) is 0 Å². The summed E-state index contributed by atoms with van der Waals surface area (Å²) in [4.78, 5) is 2.21. The summed E-state index contributed by atoms with van der Waals surface area (Å²) in [6, 6.07) is 12.3. The van der Waals surface area contributed by atoms with Gasteiger partial charge in [-0.25, -0.2) is 0 Å². The molecule has 0 unspecified atom stereocenters. The molecule has 0 aliphatic carbocycles. The largest absolute Gasteiger partial charge is 0.497 e. The topological polar surface area (TPSA) is 30.9 Å². The molecule has 0 saturated heterocycles. The van der Waals surface area contributed by atoms with Crippen molar-refractivity contribution in [2.24, 2.45) is 0 Å². The van der Waals surface area contributed by atoms with Crippen LogP contribution in [-0.4, -0.2) is 20.4 Å². The molecule has 0 atom stereocenters. The van der Waals surface area contributed by atoms with Crippen LogP contribution in [0.1, 0.15) is 17.5 Å². The van der Waals surface area contributed by atoms with Crippen molar-refractivity contribution in [3.8, 4) is 17.2 Å². The van der Waals surface area contributed by atoms with Crippen LogP contribution in [0.15, 0.2) is 36.4 Å². The molecule has 0 fully saturated rings. The van der Waals surface area contributed by atoms with Crippen molar-refractivity contribution < 1.29 is 14.2 Å². The third-order valence-corrected chi connectivity index (χ3v) is 4.27. The fourth-order valence-electron chi connectivity index (χ4n) is 3.03. The molecule has 0 spiro atoms. The third kappa shape index (κ3) is 2.34. The van der Waals surface area contributed by atoms with Crippen molar-refractivity contribution in [3.05, 3.63) is 47.5 Å². The number of nitrogens with zero attached hydrogens (tertiary/aromatic N) is 1. The maximum absolute atomic E-state index is 5.95. The van der Waals surface area contributed by atoms with E-state index in [4.69, 9.17) is 14.2 Å². The Morgan fingerprint density at radius 1 is 1.00 bits per heavy atom. The van der Waals surface area contributed by atoms with Crippen LogP contribution in [0.5, 0.6) is 17.2 Å². The first-order valence-electron chi connectivity index (χ1n) is 7.64. The van der Waals surface area contributed by atoms with Crippen molar-refractivity contribution in [3.63, 3.8) is 0 Å². The maximum Gasteiger partial charge on any atom is 0.161 e. The zero-order valence-electron chi connectivity index (χ0n) is 12.7. The predicted molar refractivity (Wildman–Crippen MR) is 84.9 cm³/mol. The first-order chi connectivity index (χ1) is 10.8. The van der Waals surface area contributed by atoms with Gasteiger partial charge in [0, 0.05) is 17.8 Å². The second kappa shape index (κ2) is 5.44. The average molecular weight is 297 g/mol. The Hall–Kier alpha value is -2.36. The molecule has 2 aromatic rings. The summed E-state index contributed by atoms with van der Waals surface area (Å²) < 4.78 is 16.9. The number of fused-ring (bicyclic) bond motifs is 2.